The van der Waals surface area contributed by atoms with Crippen LogP contribution in [0.15, 0.2) is 24.3 Å². The van der Waals surface area contributed by atoms with E-state index in [2.05, 4.69) is 0 Å². The Morgan fingerprint density at radius 3 is 2.44 bits per heavy atom. The minimum Gasteiger partial charge on any atom is -0.326 e. The highest BCUT2D eigenvalue weighted by Crippen LogP contribution is 2.11. The Morgan fingerprint density at radius 2 is 1.94 bits per heavy atom. The summed E-state index contributed by atoms with van der Waals surface area (Å²) in [5, 5.41) is 0. The van der Waals surface area contributed by atoms with Gasteiger partial charge in [-0.15, -0.1) is 0 Å². The van der Waals surface area contributed by atoms with E-state index in [0.29, 0.717) is 5.56 Å². The molecule has 0 saturated carbocycles. The molecule has 1 aliphatic heterocycles. The molecule has 0 radical (unpaired) electrons. The van der Waals surface area contributed by atoms with Crippen molar-refractivity contribution in [2.75, 3.05) is 20.3 Å². The number of carbonyl (C=O) groups is 2. The van der Waals surface area contributed by atoms with Crippen LogP contribution in [0.4, 0.5) is 4.39 Å². The van der Waals surface area contributed by atoms with Gasteiger partial charge in [-0.05, 0) is 24.3 Å². The van der Waals surface area contributed by atoms with Gasteiger partial charge in [0.25, 0.3) is 5.91 Å². The standard InChI is InChI=1S/C11H11FN2O2/c1-13-7-14(6-10(13)15)11(16)8-2-4-9(12)5-3-8/h2-5H,6-7H2,1H3. The maximum Gasteiger partial charge on any atom is 0.255 e. The molecule has 4 nitrogen and oxygen atoms in total. The summed E-state index contributed by atoms with van der Waals surface area (Å²) in [6.07, 6.45) is 0. The van der Waals surface area contributed by atoms with E-state index in [1.807, 2.05) is 0 Å². The van der Waals surface area contributed by atoms with Gasteiger partial charge in [0.1, 0.15) is 12.4 Å². The lowest BCUT2D eigenvalue weighted by Gasteiger charge is -2.14. The Hall–Kier alpha value is -1.91. The summed E-state index contributed by atoms with van der Waals surface area (Å²) in [7, 11) is 1.64. The molecule has 1 aliphatic rings. The second-order valence-corrected chi connectivity index (χ2v) is 3.74. The average molecular weight is 222 g/mol. The first-order valence-corrected chi connectivity index (χ1v) is 4.87. The summed E-state index contributed by atoms with van der Waals surface area (Å²) in [5.74, 6) is -0.723. The van der Waals surface area contributed by atoms with Crippen molar-refractivity contribution < 1.29 is 14.0 Å². The molecule has 1 heterocycles. The third kappa shape index (κ3) is 1.88. The molecule has 0 spiro atoms. The van der Waals surface area contributed by atoms with E-state index in [1.165, 1.54) is 34.1 Å². The van der Waals surface area contributed by atoms with Crippen LogP contribution in [0.5, 0.6) is 0 Å². The Kier molecular flexibility index (Phi) is 2.60. The quantitative estimate of drug-likeness (QED) is 0.701. The molecule has 16 heavy (non-hydrogen) atoms. The predicted molar refractivity (Wildman–Crippen MR) is 55.1 cm³/mol. The average Bonchev–Trinajstić information content (AvgIpc) is 2.59. The van der Waals surface area contributed by atoms with Crippen molar-refractivity contribution in [3.63, 3.8) is 0 Å². The molecule has 1 fully saturated rings. The largest absolute Gasteiger partial charge is 0.326 e. The minimum atomic E-state index is -0.383. The fraction of sp³-hybridized carbons (Fsp3) is 0.273. The van der Waals surface area contributed by atoms with Gasteiger partial charge < -0.3 is 9.80 Å². The zero-order valence-electron chi connectivity index (χ0n) is 8.81. The van der Waals surface area contributed by atoms with Gasteiger partial charge in [-0.25, -0.2) is 4.39 Å². The number of carbonyl (C=O) groups excluding carboxylic acids is 2. The van der Waals surface area contributed by atoms with Crippen molar-refractivity contribution >= 4 is 11.8 Å². The number of likely N-dealkylation sites (N-methyl/N-ethyl adjacent to an activating group) is 1. The van der Waals surface area contributed by atoms with Crippen molar-refractivity contribution in [2.24, 2.45) is 0 Å². The highest BCUT2D eigenvalue weighted by atomic mass is 19.1. The van der Waals surface area contributed by atoms with Crippen molar-refractivity contribution in [3.05, 3.63) is 35.6 Å². The predicted octanol–water partition coefficient (Wildman–Crippen LogP) is 0.697. The second kappa shape index (κ2) is 3.92. The lowest BCUT2D eigenvalue weighted by molar-refractivity contribution is -0.125. The molecule has 0 aliphatic carbocycles. The lowest BCUT2D eigenvalue weighted by atomic mass is 10.2. The lowest BCUT2D eigenvalue weighted by Crippen LogP contribution is -2.30. The highest BCUT2D eigenvalue weighted by Gasteiger charge is 2.28. The molecule has 84 valence electrons. The number of hydrogen-bond acceptors (Lipinski definition) is 2. The highest BCUT2D eigenvalue weighted by molar-refractivity contribution is 5.97. The summed E-state index contributed by atoms with van der Waals surface area (Å²) >= 11 is 0. The monoisotopic (exact) mass is 222 g/mol. The second-order valence-electron chi connectivity index (χ2n) is 3.74. The maximum atomic E-state index is 12.7. The van der Waals surface area contributed by atoms with Crippen LogP contribution in [-0.4, -0.2) is 41.9 Å². The molecule has 0 bridgehead atoms. The van der Waals surface area contributed by atoms with Crippen LogP contribution < -0.4 is 0 Å². The van der Waals surface area contributed by atoms with Crippen LogP contribution in [-0.2, 0) is 4.79 Å². The van der Waals surface area contributed by atoms with Gasteiger partial charge in [-0.2, -0.15) is 0 Å². The number of hydrogen-bond donors (Lipinski definition) is 0. The molecule has 1 saturated heterocycles. The molecule has 0 atom stereocenters. The number of nitrogens with zero attached hydrogens (tertiary/aromatic N) is 2. The first-order chi connectivity index (χ1) is 7.58. The first kappa shape index (κ1) is 10.6. The van der Waals surface area contributed by atoms with Gasteiger partial charge in [0.05, 0.1) is 6.67 Å². The van der Waals surface area contributed by atoms with Crippen LogP contribution >= 0.6 is 0 Å². The van der Waals surface area contributed by atoms with E-state index in [-0.39, 0.29) is 30.8 Å². The van der Waals surface area contributed by atoms with Gasteiger partial charge in [-0.1, -0.05) is 0 Å². The van der Waals surface area contributed by atoms with E-state index in [4.69, 9.17) is 0 Å². The van der Waals surface area contributed by atoms with Crippen LogP contribution in [0, 0.1) is 5.82 Å². The molecule has 1 aromatic carbocycles. The Bertz CT molecular complexity index is 430. The molecule has 2 rings (SSSR count). The molecular weight excluding hydrogens is 211 g/mol. The van der Waals surface area contributed by atoms with Crippen molar-refractivity contribution in [1.82, 2.24) is 9.80 Å². The van der Waals surface area contributed by atoms with Gasteiger partial charge in [0.2, 0.25) is 5.91 Å². The Morgan fingerprint density at radius 1 is 1.31 bits per heavy atom. The minimum absolute atomic E-state index is 0.0875. The smallest absolute Gasteiger partial charge is 0.255 e. The Balaban J connectivity index is 2.14. The van der Waals surface area contributed by atoms with Gasteiger partial charge in [0, 0.05) is 12.6 Å². The number of rotatable bonds is 1. The zero-order valence-corrected chi connectivity index (χ0v) is 8.81. The summed E-state index contributed by atoms with van der Waals surface area (Å²) in [6.45, 7) is 0.377. The van der Waals surface area contributed by atoms with Crippen LogP contribution in [0.3, 0.4) is 0 Å². The van der Waals surface area contributed by atoms with Crippen LogP contribution in [0.1, 0.15) is 10.4 Å². The van der Waals surface area contributed by atoms with Gasteiger partial charge >= 0.3 is 0 Å². The number of halogens is 1. The van der Waals surface area contributed by atoms with Crippen molar-refractivity contribution in [3.8, 4) is 0 Å². The van der Waals surface area contributed by atoms with E-state index in [0.717, 1.165) is 0 Å². The molecule has 5 heteroatoms. The number of amides is 2. The summed E-state index contributed by atoms with van der Waals surface area (Å²) in [6, 6.07) is 5.30. The maximum absolute atomic E-state index is 12.7. The molecule has 1 aromatic rings. The van der Waals surface area contributed by atoms with Crippen molar-refractivity contribution in [2.45, 2.75) is 0 Å². The normalized spacial score (nSPS) is 15.8. The van der Waals surface area contributed by atoms with Gasteiger partial charge in [0.15, 0.2) is 0 Å². The van der Waals surface area contributed by atoms with Gasteiger partial charge in [-0.3, -0.25) is 9.59 Å². The van der Waals surface area contributed by atoms with E-state index >= 15 is 0 Å². The SMILES string of the molecule is CN1CN(C(=O)c2ccc(F)cc2)CC1=O. The summed E-state index contributed by atoms with van der Waals surface area (Å²) < 4.78 is 12.7. The zero-order chi connectivity index (χ0) is 11.7. The summed E-state index contributed by atoms with van der Waals surface area (Å²) in [5.41, 5.74) is 0.393. The third-order valence-corrected chi connectivity index (χ3v) is 2.51. The van der Waals surface area contributed by atoms with Crippen LogP contribution in [0.25, 0.3) is 0 Å². The van der Waals surface area contributed by atoms with E-state index < -0.39 is 0 Å². The topological polar surface area (TPSA) is 40.6 Å². The molecular formula is C11H11FN2O2. The molecule has 2 amide bonds. The number of benzene rings is 1. The van der Waals surface area contributed by atoms with E-state index in [9.17, 15) is 14.0 Å². The summed E-state index contributed by atoms with van der Waals surface area (Å²) in [4.78, 5) is 26.0. The Labute approximate surface area is 92.3 Å². The third-order valence-electron chi connectivity index (χ3n) is 2.51. The van der Waals surface area contributed by atoms with Crippen LogP contribution in [0.2, 0.25) is 0 Å². The molecule has 0 N–H and O–H groups in total. The fourth-order valence-electron chi connectivity index (χ4n) is 1.58. The molecule has 0 aromatic heterocycles. The first-order valence-electron chi connectivity index (χ1n) is 4.87. The molecule has 0 unspecified atom stereocenters. The van der Waals surface area contributed by atoms with E-state index in [1.54, 1.807) is 7.05 Å². The van der Waals surface area contributed by atoms with Crippen molar-refractivity contribution in [1.29, 1.82) is 0 Å². The fourth-order valence-corrected chi connectivity index (χ4v) is 1.58.